The molecule has 32 heavy (non-hydrogen) atoms. The molecule has 2 atom stereocenters. The lowest BCUT2D eigenvalue weighted by atomic mass is 9.87. The van der Waals surface area contributed by atoms with Gasteiger partial charge in [-0.1, -0.05) is 52.0 Å². The molecule has 3 N–H and O–H groups in total. The van der Waals surface area contributed by atoms with Crippen LogP contribution < -0.4 is 5.11 Å². The van der Waals surface area contributed by atoms with Crippen LogP contribution in [0.15, 0.2) is 30.3 Å². The predicted octanol–water partition coefficient (Wildman–Crippen LogP) is 2.89. The molecular formula is C25H31FNO5-. The van der Waals surface area contributed by atoms with Crippen LogP contribution in [0.5, 0.6) is 0 Å². The molecule has 2 rings (SSSR count). The minimum atomic E-state index is -1.39. The number of carbonyl (C=O) groups is 1. The van der Waals surface area contributed by atoms with E-state index in [1.165, 1.54) is 18.2 Å². The normalized spacial score (nSPS) is 13.8. The van der Waals surface area contributed by atoms with E-state index in [0.717, 1.165) is 11.4 Å². The number of hydrogen-bond acceptors (Lipinski definition) is 6. The largest absolute Gasteiger partial charge is 0.550 e. The fraction of sp³-hybridized carbons (Fsp3) is 0.440. The number of aliphatic hydroxyl groups excluding tert-OH is 3. The zero-order valence-electron chi connectivity index (χ0n) is 18.9. The maximum Gasteiger partial charge on any atom is 0.123 e. The number of rotatable bonds is 10. The number of carboxylic acids is 1. The number of pyridine rings is 1. The Morgan fingerprint density at radius 1 is 1.09 bits per heavy atom. The smallest absolute Gasteiger partial charge is 0.123 e. The number of benzene rings is 1. The van der Waals surface area contributed by atoms with Gasteiger partial charge in [-0.15, -0.1) is 0 Å². The number of carboxylic acid groups (broad SMARTS) is 1. The molecule has 1 aromatic heterocycles. The van der Waals surface area contributed by atoms with Gasteiger partial charge in [0, 0.05) is 35.6 Å². The van der Waals surface area contributed by atoms with Gasteiger partial charge in [0.1, 0.15) is 5.82 Å². The molecule has 0 aliphatic carbocycles. The van der Waals surface area contributed by atoms with E-state index in [2.05, 4.69) is 0 Å². The van der Waals surface area contributed by atoms with Crippen LogP contribution in [0, 0.1) is 5.82 Å². The van der Waals surface area contributed by atoms with E-state index in [1.807, 2.05) is 27.7 Å². The van der Waals surface area contributed by atoms with Crippen LogP contribution in [0.25, 0.3) is 17.2 Å². The molecule has 1 heterocycles. The monoisotopic (exact) mass is 444 g/mol. The van der Waals surface area contributed by atoms with E-state index in [9.17, 15) is 29.6 Å². The molecule has 0 saturated heterocycles. The molecule has 0 aliphatic heterocycles. The molecule has 1 aromatic carbocycles. The first kappa shape index (κ1) is 25.6. The Morgan fingerprint density at radius 2 is 1.69 bits per heavy atom. The van der Waals surface area contributed by atoms with Gasteiger partial charge >= 0.3 is 0 Å². The molecule has 0 saturated carbocycles. The van der Waals surface area contributed by atoms with Gasteiger partial charge in [0.05, 0.1) is 24.5 Å². The van der Waals surface area contributed by atoms with Gasteiger partial charge in [-0.25, -0.2) is 4.39 Å². The first-order chi connectivity index (χ1) is 15.0. The van der Waals surface area contributed by atoms with E-state index < -0.39 is 24.6 Å². The van der Waals surface area contributed by atoms with Crippen LogP contribution >= 0.6 is 0 Å². The second kappa shape index (κ2) is 11.3. The third-order valence-corrected chi connectivity index (χ3v) is 5.18. The van der Waals surface area contributed by atoms with Gasteiger partial charge in [-0.2, -0.15) is 0 Å². The highest BCUT2D eigenvalue weighted by Gasteiger charge is 2.22. The Kier molecular flexibility index (Phi) is 9.07. The summed E-state index contributed by atoms with van der Waals surface area (Å²) in [4.78, 5) is 15.5. The van der Waals surface area contributed by atoms with Crippen molar-refractivity contribution in [2.45, 2.75) is 71.2 Å². The third-order valence-electron chi connectivity index (χ3n) is 5.18. The minimum Gasteiger partial charge on any atom is -0.550 e. The maximum atomic E-state index is 13.6. The third kappa shape index (κ3) is 6.45. The van der Waals surface area contributed by atoms with Crippen molar-refractivity contribution in [1.29, 1.82) is 0 Å². The van der Waals surface area contributed by atoms with Crippen LogP contribution in [-0.2, 0) is 11.4 Å². The van der Waals surface area contributed by atoms with Crippen molar-refractivity contribution in [2.75, 3.05) is 0 Å². The topological polar surface area (TPSA) is 114 Å². The van der Waals surface area contributed by atoms with Crippen molar-refractivity contribution in [1.82, 2.24) is 4.98 Å². The van der Waals surface area contributed by atoms with Crippen LogP contribution in [-0.4, -0.2) is 38.5 Å². The van der Waals surface area contributed by atoms with Gasteiger partial charge in [0.25, 0.3) is 0 Å². The number of aromatic nitrogens is 1. The Hall–Kier alpha value is -2.61. The standard InChI is InChI=1S/C25H32FNO5/c1-14(2)24-20(10-9-18(29)11-19(30)12-22(31)32)23(16-5-7-17(26)8-6-16)21(13-28)25(27-24)15(3)4/h5-10,14-15,18-19,28-30H,11-13H2,1-4H3,(H,31,32)/p-1/b10-9+/t18-,19-/m1/s1. The average molecular weight is 445 g/mol. The highest BCUT2D eigenvalue weighted by Crippen LogP contribution is 2.37. The predicted molar refractivity (Wildman–Crippen MR) is 119 cm³/mol. The van der Waals surface area contributed by atoms with Crippen LogP contribution in [0.2, 0.25) is 0 Å². The van der Waals surface area contributed by atoms with Crippen molar-refractivity contribution >= 4 is 12.0 Å². The van der Waals surface area contributed by atoms with E-state index in [-0.39, 0.29) is 30.7 Å². The minimum absolute atomic E-state index is 0.0138. The van der Waals surface area contributed by atoms with Gasteiger partial charge < -0.3 is 25.2 Å². The Labute approximate surface area is 188 Å². The number of hydrogen-bond donors (Lipinski definition) is 3. The zero-order valence-corrected chi connectivity index (χ0v) is 18.9. The molecule has 0 radical (unpaired) electrons. The Bertz CT molecular complexity index is 954. The molecule has 0 bridgehead atoms. The van der Waals surface area contributed by atoms with Gasteiger partial charge in [0.15, 0.2) is 0 Å². The molecule has 174 valence electrons. The number of carbonyl (C=O) groups excluding carboxylic acids is 1. The molecule has 0 amide bonds. The first-order valence-corrected chi connectivity index (χ1v) is 10.7. The summed E-state index contributed by atoms with van der Waals surface area (Å²) < 4.78 is 13.6. The molecule has 6 nitrogen and oxygen atoms in total. The number of aliphatic carboxylic acids is 1. The van der Waals surface area contributed by atoms with Gasteiger partial charge in [-0.05, 0) is 35.1 Å². The summed E-state index contributed by atoms with van der Waals surface area (Å²) in [5.74, 6) is -1.72. The van der Waals surface area contributed by atoms with Crippen LogP contribution in [0.3, 0.4) is 0 Å². The molecule has 7 heteroatoms. The lowest BCUT2D eigenvalue weighted by molar-refractivity contribution is -0.307. The summed E-state index contributed by atoms with van der Waals surface area (Å²) >= 11 is 0. The van der Waals surface area contributed by atoms with Gasteiger partial charge in [0.2, 0.25) is 0 Å². The van der Waals surface area contributed by atoms with Crippen molar-refractivity contribution in [3.8, 4) is 11.1 Å². The molecule has 0 aliphatic rings. The van der Waals surface area contributed by atoms with Crippen molar-refractivity contribution in [3.05, 3.63) is 58.7 Å². The zero-order chi connectivity index (χ0) is 24.0. The highest BCUT2D eigenvalue weighted by molar-refractivity contribution is 5.80. The van der Waals surface area contributed by atoms with Crippen molar-refractivity contribution in [3.63, 3.8) is 0 Å². The molecule has 0 unspecified atom stereocenters. The molecule has 0 fully saturated rings. The molecular weight excluding hydrogens is 413 g/mol. The first-order valence-electron chi connectivity index (χ1n) is 10.7. The number of aliphatic hydroxyl groups is 3. The summed E-state index contributed by atoms with van der Waals surface area (Å²) in [5.41, 5.74) is 4.21. The summed E-state index contributed by atoms with van der Waals surface area (Å²) in [5, 5.41) is 40.9. The van der Waals surface area contributed by atoms with E-state index in [1.54, 1.807) is 18.2 Å². The SMILES string of the molecule is CC(C)c1nc(C(C)C)c(CO)c(-c2ccc(F)cc2)c1/C=C/[C@@H](O)C[C@@H](O)CC(=O)[O-]. The number of halogens is 1. The quantitative estimate of drug-likeness (QED) is 0.519. The van der Waals surface area contributed by atoms with Crippen molar-refractivity contribution < 1.29 is 29.6 Å². The summed E-state index contributed by atoms with van der Waals surface area (Å²) in [6, 6.07) is 5.96. The van der Waals surface area contributed by atoms with E-state index in [0.29, 0.717) is 22.3 Å². The maximum absolute atomic E-state index is 13.6. The molecule has 0 spiro atoms. The van der Waals surface area contributed by atoms with Crippen LogP contribution in [0.4, 0.5) is 4.39 Å². The lowest BCUT2D eigenvalue weighted by Gasteiger charge is -2.23. The van der Waals surface area contributed by atoms with Crippen LogP contribution in [0.1, 0.15) is 74.9 Å². The van der Waals surface area contributed by atoms with Crippen molar-refractivity contribution in [2.24, 2.45) is 0 Å². The second-order valence-corrected chi connectivity index (χ2v) is 8.52. The Morgan fingerprint density at radius 3 is 2.19 bits per heavy atom. The fourth-order valence-corrected chi connectivity index (χ4v) is 3.71. The molecule has 2 aromatic rings. The lowest BCUT2D eigenvalue weighted by Crippen LogP contribution is -2.29. The van der Waals surface area contributed by atoms with E-state index >= 15 is 0 Å². The number of nitrogens with zero attached hydrogens (tertiary/aromatic N) is 1. The van der Waals surface area contributed by atoms with E-state index in [4.69, 9.17) is 4.98 Å². The summed E-state index contributed by atoms with van der Waals surface area (Å²) in [6.07, 6.45) is 0.0497. The highest BCUT2D eigenvalue weighted by atomic mass is 19.1. The van der Waals surface area contributed by atoms with Gasteiger partial charge in [-0.3, -0.25) is 4.98 Å². The second-order valence-electron chi connectivity index (χ2n) is 8.52. The average Bonchev–Trinajstić information content (AvgIpc) is 2.70. The fourth-order valence-electron chi connectivity index (χ4n) is 3.71. The summed E-state index contributed by atoms with van der Waals surface area (Å²) in [7, 11) is 0. The Balaban J connectivity index is 2.65. The summed E-state index contributed by atoms with van der Waals surface area (Å²) in [6.45, 7) is 7.67.